The smallest absolute Gasteiger partial charge is 0.410 e. The van der Waals surface area contributed by atoms with Crippen LogP contribution in [0.15, 0.2) is 24.3 Å². The zero-order chi connectivity index (χ0) is 18.9. The monoisotopic (exact) mass is 362 g/mol. The summed E-state index contributed by atoms with van der Waals surface area (Å²) in [5, 5.41) is 3.11. The summed E-state index contributed by atoms with van der Waals surface area (Å²) in [6, 6.07) is 6.49. The van der Waals surface area contributed by atoms with Crippen molar-refractivity contribution in [1.82, 2.24) is 10.2 Å². The van der Waals surface area contributed by atoms with E-state index in [2.05, 4.69) is 5.32 Å². The minimum absolute atomic E-state index is 0.0238. The summed E-state index contributed by atoms with van der Waals surface area (Å²) >= 11 is 0. The highest BCUT2D eigenvalue weighted by Crippen LogP contribution is 2.47. The topological polar surface area (TPSA) is 58.6 Å². The maximum Gasteiger partial charge on any atom is 0.410 e. The lowest BCUT2D eigenvalue weighted by Gasteiger charge is -2.33. The van der Waals surface area contributed by atoms with Crippen LogP contribution in [0.3, 0.4) is 0 Å². The molecule has 2 amide bonds. The van der Waals surface area contributed by atoms with Crippen LogP contribution in [0.4, 0.5) is 9.18 Å². The van der Waals surface area contributed by atoms with Crippen LogP contribution >= 0.6 is 0 Å². The Hall–Kier alpha value is -2.11. The number of hydrogen-bond acceptors (Lipinski definition) is 3. The van der Waals surface area contributed by atoms with Crippen LogP contribution in [0, 0.1) is 11.7 Å². The van der Waals surface area contributed by atoms with Crippen molar-refractivity contribution < 1.29 is 18.7 Å². The fraction of sp³-hybridized carbons (Fsp3) is 0.600. The molecule has 1 saturated heterocycles. The van der Waals surface area contributed by atoms with Crippen molar-refractivity contribution in [3.05, 3.63) is 35.6 Å². The number of halogens is 1. The van der Waals surface area contributed by atoms with E-state index in [1.165, 1.54) is 12.1 Å². The molecule has 0 bridgehead atoms. The molecule has 1 saturated carbocycles. The Balaban J connectivity index is 1.43. The van der Waals surface area contributed by atoms with E-state index in [0.717, 1.165) is 24.8 Å². The Kier molecular flexibility index (Phi) is 5.21. The standard InChI is InChI=1S/C20H27FN2O3/c1-20(2,3)26-19(25)23-10-8-15(9-11-23)22-18(24)17-12-16(17)13-4-6-14(21)7-5-13/h4-7,15-17H,8-12H2,1-3H3,(H,22,24). The van der Waals surface area contributed by atoms with Crippen molar-refractivity contribution in [1.29, 1.82) is 0 Å². The van der Waals surface area contributed by atoms with Crippen LogP contribution in [-0.4, -0.2) is 41.6 Å². The van der Waals surface area contributed by atoms with Gasteiger partial charge in [-0.25, -0.2) is 9.18 Å². The summed E-state index contributed by atoms with van der Waals surface area (Å²) < 4.78 is 18.4. The molecule has 2 aliphatic rings. The molecule has 1 aromatic carbocycles. The number of benzene rings is 1. The van der Waals surface area contributed by atoms with Gasteiger partial charge in [0.05, 0.1) is 0 Å². The van der Waals surface area contributed by atoms with Gasteiger partial charge in [-0.05, 0) is 63.6 Å². The normalized spacial score (nSPS) is 23.5. The number of hydrogen-bond donors (Lipinski definition) is 1. The van der Waals surface area contributed by atoms with E-state index < -0.39 is 5.60 Å². The predicted octanol–water partition coefficient (Wildman–Crippen LogP) is 3.44. The summed E-state index contributed by atoms with van der Waals surface area (Å²) in [6.45, 7) is 6.74. The second kappa shape index (κ2) is 7.25. The molecule has 26 heavy (non-hydrogen) atoms. The summed E-state index contributed by atoms with van der Waals surface area (Å²) in [5.41, 5.74) is 0.523. The van der Waals surface area contributed by atoms with E-state index in [1.54, 1.807) is 17.0 Å². The molecule has 142 valence electrons. The van der Waals surface area contributed by atoms with Crippen LogP contribution in [-0.2, 0) is 9.53 Å². The Morgan fingerprint density at radius 1 is 1.15 bits per heavy atom. The minimum Gasteiger partial charge on any atom is -0.444 e. The fourth-order valence-corrected chi connectivity index (χ4v) is 3.40. The van der Waals surface area contributed by atoms with Gasteiger partial charge in [0, 0.05) is 25.0 Å². The average Bonchev–Trinajstić information content (AvgIpc) is 3.35. The minimum atomic E-state index is -0.497. The van der Waals surface area contributed by atoms with Crippen LogP contribution in [0.5, 0.6) is 0 Å². The highest BCUT2D eigenvalue weighted by Gasteiger charge is 2.44. The van der Waals surface area contributed by atoms with E-state index in [-0.39, 0.29) is 35.7 Å². The first kappa shape index (κ1) is 18.7. The van der Waals surface area contributed by atoms with Gasteiger partial charge >= 0.3 is 6.09 Å². The van der Waals surface area contributed by atoms with Gasteiger partial charge in [0.1, 0.15) is 11.4 Å². The molecule has 2 unspecified atom stereocenters. The average molecular weight is 362 g/mol. The van der Waals surface area contributed by atoms with E-state index >= 15 is 0 Å². The second-order valence-electron chi connectivity index (χ2n) is 8.25. The molecule has 2 fully saturated rings. The summed E-state index contributed by atoms with van der Waals surface area (Å²) in [6.07, 6.45) is 1.99. The van der Waals surface area contributed by atoms with Crippen molar-refractivity contribution >= 4 is 12.0 Å². The third kappa shape index (κ3) is 4.74. The summed E-state index contributed by atoms with van der Waals surface area (Å²) in [4.78, 5) is 26.2. The molecule has 1 N–H and O–H groups in total. The van der Waals surface area contributed by atoms with E-state index in [9.17, 15) is 14.0 Å². The number of carbonyl (C=O) groups is 2. The largest absolute Gasteiger partial charge is 0.444 e. The molecule has 0 aromatic heterocycles. The molecule has 0 spiro atoms. The fourth-order valence-electron chi connectivity index (χ4n) is 3.40. The number of ether oxygens (including phenoxy) is 1. The van der Waals surface area contributed by atoms with Gasteiger partial charge in [-0.15, -0.1) is 0 Å². The number of nitrogens with zero attached hydrogens (tertiary/aromatic N) is 1. The lowest BCUT2D eigenvalue weighted by molar-refractivity contribution is -0.123. The molecule has 5 nitrogen and oxygen atoms in total. The Morgan fingerprint density at radius 2 is 1.77 bits per heavy atom. The summed E-state index contributed by atoms with van der Waals surface area (Å²) in [5.74, 6) is -0.0241. The number of rotatable bonds is 3. The van der Waals surface area contributed by atoms with Gasteiger partial charge in [0.2, 0.25) is 5.91 Å². The van der Waals surface area contributed by atoms with Crippen molar-refractivity contribution in [3.63, 3.8) is 0 Å². The van der Waals surface area contributed by atoms with Crippen LogP contribution < -0.4 is 5.32 Å². The van der Waals surface area contributed by atoms with Crippen molar-refractivity contribution in [2.45, 2.75) is 57.6 Å². The third-order valence-electron chi connectivity index (χ3n) is 4.92. The van der Waals surface area contributed by atoms with Gasteiger partial charge in [-0.3, -0.25) is 4.79 Å². The number of amides is 2. The quantitative estimate of drug-likeness (QED) is 0.896. The predicted molar refractivity (Wildman–Crippen MR) is 96.2 cm³/mol. The molecule has 1 aliphatic carbocycles. The highest BCUT2D eigenvalue weighted by atomic mass is 19.1. The zero-order valence-corrected chi connectivity index (χ0v) is 15.6. The molecule has 1 aliphatic heterocycles. The van der Waals surface area contributed by atoms with Crippen LogP contribution in [0.1, 0.15) is 51.5 Å². The molecular weight excluding hydrogens is 335 g/mol. The van der Waals surface area contributed by atoms with Gasteiger partial charge in [-0.1, -0.05) is 12.1 Å². The molecule has 1 aromatic rings. The van der Waals surface area contributed by atoms with Crippen LogP contribution in [0.2, 0.25) is 0 Å². The van der Waals surface area contributed by atoms with E-state index in [4.69, 9.17) is 4.74 Å². The lowest BCUT2D eigenvalue weighted by Crippen LogP contribution is -2.48. The van der Waals surface area contributed by atoms with Gasteiger partial charge in [0.15, 0.2) is 0 Å². The van der Waals surface area contributed by atoms with Crippen LogP contribution in [0.25, 0.3) is 0 Å². The molecule has 2 atom stereocenters. The Bertz CT molecular complexity index is 661. The van der Waals surface area contributed by atoms with Crippen molar-refractivity contribution in [3.8, 4) is 0 Å². The molecular formula is C20H27FN2O3. The number of piperidine rings is 1. The number of likely N-dealkylation sites (tertiary alicyclic amines) is 1. The Morgan fingerprint density at radius 3 is 2.35 bits per heavy atom. The molecule has 1 heterocycles. The van der Waals surface area contributed by atoms with Gasteiger partial charge in [0.25, 0.3) is 0 Å². The highest BCUT2D eigenvalue weighted by molar-refractivity contribution is 5.83. The zero-order valence-electron chi connectivity index (χ0n) is 15.6. The van der Waals surface area contributed by atoms with Gasteiger partial charge in [-0.2, -0.15) is 0 Å². The maximum absolute atomic E-state index is 13.0. The first-order chi connectivity index (χ1) is 12.2. The summed E-state index contributed by atoms with van der Waals surface area (Å²) in [7, 11) is 0. The van der Waals surface area contributed by atoms with Crippen molar-refractivity contribution in [2.24, 2.45) is 5.92 Å². The van der Waals surface area contributed by atoms with Gasteiger partial charge < -0.3 is 15.0 Å². The maximum atomic E-state index is 13.0. The second-order valence-corrected chi connectivity index (χ2v) is 8.25. The number of carbonyl (C=O) groups excluding carboxylic acids is 2. The van der Waals surface area contributed by atoms with E-state index in [0.29, 0.717) is 13.1 Å². The third-order valence-corrected chi connectivity index (χ3v) is 4.92. The molecule has 0 radical (unpaired) electrons. The van der Waals surface area contributed by atoms with E-state index in [1.807, 2.05) is 20.8 Å². The molecule has 6 heteroatoms. The lowest BCUT2D eigenvalue weighted by atomic mass is 10.0. The Labute approximate surface area is 153 Å². The molecule has 3 rings (SSSR count). The number of nitrogens with one attached hydrogen (secondary N) is 1. The first-order valence-corrected chi connectivity index (χ1v) is 9.27. The van der Waals surface area contributed by atoms with Crippen molar-refractivity contribution in [2.75, 3.05) is 13.1 Å². The SMILES string of the molecule is CC(C)(C)OC(=O)N1CCC(NC(=O)C2CC2c2ccc(F)cc2)CC1. The first-order valence-electron chi connectivity index (χ1n) is 9.27.